The van der Waals surface area contributed by atoms with Crippen LogP contribution in [0, 0.1) is 5.92 Å². The fourth-order valence-corrected chi connectivity index (χ4v) is 3.20. The van der Waals surface area contributed by atoms with E-state index in [-0.39, 0.29) is 6.04 Å². The monoisotopic (exact) mass is 236 g/mol. The van der Waals surface area contributed by atoms with Gasteiger partial charge in [-0.25, -0.2) is 4.98 Å². The molecule has 2 saturated heterocycles. The van der Waals surface area contributed by atoms with Crippen LogP contribution in [0.2, 0.25) is 0 Å². The number of aryl methyl sites for hydroxylation is 1. The maximum atomic E-state index is 6.32. The van der Waals surface area contributed by atoms with Gasteiger partial charge in [-0.15, -0.1) is 0 Å². The van der Waals surface area contributed by atoms with Gasteiger partial charge < -0.3 is 10.5 Å². The van der Waals surface area contributed by atoms with Gasteiger partial charge in [0, 0.05) is 24.9 Å². The van der Waals surface area contributed by atoms with E-state index in [0.29, 0.717) is 18.1 Å². The first kappa shape index (κ1) is 11.2. The Morgan fingerprint density at radius 2 is 2.47 bits per heavy atom. The Labute approximate surface area is 101 Å². The summed E-state index contributed by atoms with van der Waals surface area (Å²) in [6.45, 7) is 2.93. The smallest absolute Gasteiger partial charge is 0.138 e. The molecule has 3 heterocycles. The van der Waals surface area contributed by atoms with Crippen LogP contribution in [0.25, 0.3) is 0 Å². The molecule has 2 N–H and O–H groups in total. The van der Waals surface area contributed by atoms with Gasteiger partial charge in [0.25, 0.3) is 0 Å². The Hall–Kier alpha value is -0.940. The lowest BCUT2D eigenvalue weighted by Crippen LogP contribution is -2.38. The van der Waals surface area contributed by atoms with Crippen molar-refractivity contribution in [2.45, 2.75) is 57.4 Å². The number of ether oxygens (including phenoxy) is 1. The Balaban J connectivity index is 1.65. The van der Waals surface area contributed by atoms with Crippen LogP contribution in [-0.2, 0) is 17.7 Å². The SMILES string of the molecule is CCn1ncnc1CC(N)C1CC2CCC1O2. The van der Waals surface area contributed by atoms with E-state index in [9.17, 15) is 0 Å². The van der Waals surface area contributed by atoms with Gasteiger partial charge in [0.05, 0.1) is 12.2 Å². The third-order valence-electron chi connectivity index (χ3n) is 4.12. The van der Waals surface area contributed by atoms with Crippen LogP contribution in [0.3, 0.4) is 0 Å². The summed E-state index contributed by atoms with van der Waals surface area (Å²) in [6.07, 6.45) is 6.83. The first-order valence-electron chi connectivity index (χ1n) is 6.55. The van der Waals surface area contributed by atoms with Crippen molar-refractivity contribution < 1.29 is 4.74 Å². The molecule has 1 aromatic rings. The molecular formula is C12H20N4O. The first-order chi connectivity index (χ1) is 8.28. The third-order valence-corrected chi connectivity index (χ3v) is 4.12. The highest BCUT2D eigenvalue weighted by atomic mass is 16.5. The van der Waals surface area contributed by atoms with Crippen LogP contribution in [-0.4, -0.2) is 33.0 Å². The van der Waals surface area contributed by atoms with Crippen molar-refractivity contribution in [1.29, 1.82) is 0 Å². The number of nitrogens with zero attached hydrogens (tertiary/aromatic N) is 3. The zero-order chi connectivity index (χ0) is 11.8. The fourth-order valence-electron chi connectivity index (χ4n) is 3.20. The van der Waals surface area contributed by atoms with Gasteiger partial charge >= 0.3 is 0 Å². The number of nitrogens with two attached hydrogens (primary N) is 1. The second kappa shape index (κ2) is 4.38. The largest absolute Gasteiger partial charge is 0.375 e. The van der Waals surface area contributed by atoms with E-state index < -0.39 is 0 Å². The van der Waals surface area contributed by atoms with E-state index in [1.807, 2.05) is 4.68 Å². The molecule has 17 heavy (non-hydrogen) atoms. The van der Waals surface area contributed by atoms with Crippen molar-refractivity contribution in [3.63, 3.8) is 0 Å². The van der Waals surface area contributed by atoms with Crippen molar-refractivity contribution in [3.8, 4) is 0 Å². The molecule has 2 aliphatic heterocycles. The van der Waals surface area contributed by atoms with Crippen LogP contribution >= 0.6 is 0 Å². The lowest BCUT2D eigenvalue weighted by molar-refractivity contribution is 0.0883. The van der Waals surface area contributed by atoms with Crippen molar-refractivity contribution in [3.05, 3.63) is 12.2 Å². The van der Waals surface area contributed by atoms with Crippen molar-refractivity contribution >= 4 is 0 Å². The third kappa shape index (κ3) is 1.98. The summed E-state index contributed by atoms with van der Waals surface area (Å²) in [7, 11) is 0. The number of fused-ring (bicyclic) bond motifs is 2. The van der Waals surface area contributed by atoms with Crippen molar-refractivity contribution in [2.24, 2.45) is 11.7 Å². The molecule has 2 bridgehead atoms. The van der Waals surface area contributed by atoms with Crippen LogP contribution in [0.15, 0.2) is 6.33 Å². The van der Waals surface area contributed by atoms with Crippen LogP contribution in [0.5, 0.6) is 0 Å². The molecule has 3 rings (SSSR count). The van der Waals surface area contributed by atoms with E-state index in [2.05, 4.69) is 17.0 Å². The highest BCUT2D eigenvalue weighted by molar-refractivity contribution is 4.98. The fraction of sp³-hybridized carbons (Fsp3) is 0.833. The van der Waals surface area contributed by atoms with Gasteiger partial charge in [-0.3, -0.25) is 4.68 Å². The van der Waals surface area contributed by atoms with Gasteiger partial charge in [0.2, 0.25) is 0 Å². The summed E-state index contributed by atoms with van der Waals surface area (Å²) >= 11 is 0. The summed E-state index contributed by atoms with van der Waals surface area (Å²) in [5.74, 6) is 1.51. The molecule has 0 radical (unpaired) electrons. The minimum absolute atomic E-state index is 0.153. The summed E-state index contributed by atoms with van der Waals surface area (Å²) < 4.78 is 7.78. The van der Waals surface area contributed by atoms with Gasteiger partial charge in [-0.1, -0.05) is 0 Å². The van der Waals surface area contributed by atoms with E-state index in [0.717, 1.165) is 25.2 Å². The summed E-state index contributed by atoms with van der Waals surface area (Å²) in [5.41, 5.74) is 6.32. The average Bonchev–Trinajstić information content (AvgIpc) is 3.03. The minimum Gasteiger partial charge on any atom is -0.375 e. The lowest BCUT2D eigenvalue weighted by Gasteiger charge is -2.24. The van der Waals surface area contributed by atoms with Gasteiger partial charge in [0.1, 0.15) is 12.2 Å². The normalized spacial score (nSPS) is 33.2. The standard InChI is InChI=1S/C12H20N4O/c1-2-16-12(14-7-15-16)6-10(13)9-5-8-3-4-11(9)17-8/h7-11H,2-6,13H2,1H3. The summed E-state index contributed by atoms with van der Waals surface area (Å²) in [4.78, 5) is 4.29. The molecule has 0 spiro atoms. The average molecular weight is 236 g/mol. The number of hydrogen-bond acceptors (Lipinski definition) is 4. The van der Waals surface area contributed by atoms with E-state index in [1.165, 1.54) is 12.8 Å². The molecule has 0 amide bonds. The van der Waals surface area contributed by atoms with Crippen LogP contribution in [0.4, 0.5) is 0 Å². The second-order valence-electron chi connectivity index (χ2n) is 5.13. The Bertz CT molecular complexity index is 392. The molecule has 94 valence electrons. The summed E-state index contributed by atoms with van der Waals surface area (Å²) in [5, 5.41) is 4.18. The van der Waals surface area contributed by atoms with Crippen molar-refractivity contribution in [1.82, 2.24) is 14.8 Å². The minimum atomic E-state index is 0.153. The highest BCUT2D eigenvalue weighted by Gasteiger charge is 2.43. The van der Waals surface area contributed by atoms with E-state index in [4.69, 9.17) is 10.5 Å². The number of aromatic nitrogens is 3. The zero-order valence-corrected chi connectivity index (χ0v) is 10.2. The molecule has 2 aliphatic rings. The van der Waals surface area contributed by atoms with Gasteiger partial charge in [-0.2, -0.15) is 5.10 Å². The van der Waals surface area contributed by atoms with E-state index >= 15 is 0 Å². The molecular weight excluding hydrogens is 216 g/mol. The Morgan fingerprint density at radius 1 is 1.59 bits per heavy atom. The van der Waals surface area contributed by atoms with Gasteiger partial charge in [0.15, 0.2) is 0 Å². The van der Waals surface area contributed by atoms with Crippen LogP contribution < -0.4 is 5.73 Å². The zero-order valence-electron chi connectivity index (χ0n) is 10.2. The number of hydrogen-bond donors (Lipinski definition) is 1. The molecule has 1 aromatic heterocycles. The molecule has 0 saturated carbocycles. The number of rotatable bonds is 4. The maximum absolute atomic E-state index is 6.32. The predicted octanol–water partition coefficient (Wildman–Crippen LogP) is 0.735. The van der Waals surface area contributed by atoms with Crippen LogP contribution in [0.1, 0.15) is 32.0 Å². The maximum Gasteiger partial charge on any atom is 0.138 e. The second-order valence-corrected chi connectivity index (χ2v) is 5.13. The molecule has 0 aliphatic carbocycles. The van der Waals surface area contributed by atoms with E-state index in [1.54, 1.807) is 6.33 Å². The molecule has 4 unspecified atom stereocenters. The first-order valence-corrected chi connectivity index (χ1v) is 6.55. The summed E-state index contributed by atoms with van der Waals surface area (Å²) in [6, 6.07) is 0.153. The predicted molar refractivity (Wildman–Crippen MR) is 63.4 cm³/mol. The highest BCUT2D eigenvalue weighted by Crippen LogP contribution is 2.40. The Kier molecular flexibility index (Phi) is 2.88. The molecule has 2 fully saturated rings. The quantitative estimate of drug-likeness (QED) is 0.837. The molecule has 0 aromatic carbocycles. The van der Waals surface area contributed by atoms with Crippen molar-refractivity contribution in [2.75, 3.05) is 0 Å². The molecule has 5 nitrogen and oxygen atoms in total. The molecule has 4 atom stereocenters. The lowest BCUT2D eigenvalue weighted by atomic mass is 9.83. The molecule has 5 heteroatoms. The topological polar surface area (TPSA) is 66.0 Å². The Morgan fingerprint density at radius 3 is 3.12 bits per heavy atom. The van der Waals surface area contributed by atoms with Gasteiger partial charge in [-0.05, 0) is 26.2 Å².